The van der Waals surface area contributed by atoms with Crippen LogP contribution in [0.2, 0.25) is 0 Å². The number of nitrogens with one attached hydrogen (secondary N) is 3. The molecule has 1 fully saturated rings. The maximum absolute atomic E-state index is 11.6. The largest absolute Gasteiger partial charge is 0.481 e. The van der Waals surface area contributed by atoms with E-state index >= 15 is 0 Å². The quantitative estimate of drug-likeness (QED) is 0.111. The number of carbonyl (C=O) groups is 2. The van der Waals surface area contributed by atoms with E-state index in [9.17, 15) is 24.9 Å². The Hall–Kier alpha value is -0.830. The van der Waals surface area contributed by atoms with Gasteiger partial charge < -0.3 is 36.8 Å². The molecule has 0 saturated heterocycles. The number of carboxylic acids is 1. The van der Waals surface area contributed by atoms with Crippen molar-refractivity contribution in [3.8, 4) is 0 Å². The van der Waals surface area contributed by atoms with Crippen LogP contribution in [0.5, 0.6) is 0 Å². The zero-order chi connectivity index (χ0) is 19.3. The van der Waals surface area contributed by atoms with E-state index in [-0.39, 0.29) is 12.4 Å². The van der Waals surface area contributed by atoms with Gasteiger partial charge in [-0.1, -0.05) is 8.93 Å². The van der Waals surface area contributed by atoms with Crippen LogP contribution in [0.3, 0.4) is 0 Å². The summed E-state index contributed by atoms with van der Waals surface area (Å²) in [5, 5.41) is 50.9. The van der Waals surface area contributed by atoms with Crippen LogP contribution < -0.4 is 16.4 Å². The Labute approximate surface area is 161 Å². The third-order valence-corrected chi connectivity index (χ3v) is 6.85. The SMILES string of the molecule is CC(=O)N[C@H]([C@@H](O)[C@@H](O)CO)[C@@H]1[C@H](SI)[C@@H](C(=O)O)C[C@H]1NC(=N)N. The fourth-order valence-electron chi connectivity index (χ4n) is 3.23. The summed E-state index contributed by atoms with van der Waals surface area (Å²) < 4.78 is 0. The van der Waals surface area contributed by atoms with Gasteiger partial charge in [-0.25, -0.2) is 0 Å². The Bertz CT molecular complexity index is 513. The Morgan fingerprint density at radius 3 is 2.44 bits per heavy atom. The number of aliphatic hydroxyl groups is 3. The molecular weight excluding hydrogens is 467 g/mol. The molecule has 12 heteroatoms. The van der Waals surface area contributed by atoms with Crippen LogP contribution in [-0.2, 0) is 9.59 Å². The number of carboxylic acid groups (broad SMARTS) is 1. The molecule has 7 atom stereocenters. The minimum absolute atomic E-state index is 0.137. The molecule has 1 amide bonds. The van der Waals surface area contributed by atoms with Gasteiger partial charge in [0.1, 0.15) is 12.2 Å². The van der Waals surface area contributed by atoms with Gasteiger partial charge in [0.2, 0.25) is 5.91 Å². The molecule has 0 aromatic rings. The van der Waals surface area contributed by atoms with Crippen molar-refractivity contribution in [1.82, 2.24) is 10.6 Å². The van der Waals surface area contributed by atoms with Crippen molar-refractivity contribution in [3.05, 3.63) is 0 Å². The van der Waals surface area contributed by atoms with Gasteiger partial charge in [0.25, 0.3) is 0 Å². The normalized spacial score (nSPS) is 29.5. The van der Waals surface area contributed by atoms with Crippen LogP contribution in [0.25, 0.3) is 0 Å². The van der Waals surface area contributed by atoms with E-state index in [1.807, 2.05) is 21.2 Å². The third-order valence-electron chi connectivity index (χ3n) is 4.24. The summed E-state index contributed by atoms with van der Waals surface area (Å²) in [6.45, 7) is 0.507. The number of amides is 1. The molecule has 1 rings (SSSR count). The van der Waals surface area contributed by atoms with E-state index in [2.05, 4.69) is 10.6 Å². The number of aliphatic carboxylic acids is 1. The summed E-state index contributed by atoms with van der Waals surface area (Å²) in [5.74, 6) is -3.32. The topological polar surface area (TPSA) is 189 Å². The van der Waals surface area contributed by atoms with E-state index in [0.29, 0.717) is 0 Å². The third kappa shape index (κ3) is 5.57. The van der Waals surface area contributed by atoms with Crippen LogP contribution in [0.1, 0.15) is 13.3 Å². The molecule has 1 aliphatic rings. The molecular formula is C13H23IN4O6S. The average molecular weight is 490 g/mol. The maximum Gasteiger partial charge on any atom is 0.307 e. The Balaban J connectivity index is 3.28. The van der Waals surface area contributed by atoms with E-state index < -0.39 is 59.9 Å². The monoisotopic (exact) mass is 490 g/mol. The highest BCUT2D eigenvalue weighted by Gasteiger charge is 2.52. The van der Waals surface area contributed by atoms with Crippen LogP contribution in [0.15, 0.2) is 0 Å². The molecule has 0 aromatic heterocycles. The lowest BCUT2D eigenvalue weighted by Gasteiger charge is -2.37. The molecule has 9 N–H and O–H groups in total. The van der Waals surface area contributed by atoms with Crippen LogP contribution in [-0.4, -0.2) is 74.4 Å². The first-order valence-corrected chi connectivity index (χ1v) is 10.9. The number of hydrogen-bond donors (Lipinski definition) is 8. The van der Waals surface area contributed by atoms with Crippen molar-refractivity contribution in [2.45, 2.75) is 42.9 Å². The van der Waals surface area contributed by atoms with Crippen molar-refractivity contribution >= 4 is 48.0 Å². The number of carbonyl (C=O) groups excluding carboxylic acids is 1. The highest BCUT2D eigenvalue weighted by atomic mass is 127. The molecule has 0 aliphatic heterocycles. The molecule has 0 spiro atoms. The minimum Gasteiger partial charge on any atom is -0.481 e. The van der Waals surface area contributed by atoms with Gasteiger partial charge in [0, 0.05) is 24.1 Å². The summed E-state index contributed by atoms with van der Waals surface area (Å²) in [6.07, 6.45) is -2.90. The second-order valence-electron chi connectivity index (χ2n) is 5.94. The lowest BCUT2D eigenvalue weighted by molar-refractivity contribution is -0.141. The number of halogens is 1. The molecule has 1 aliphatic carbocycles. The molecule has 0 radical (unpaired) electrons. The highest BCUT2D eigenvalue weighted by Crippen LogP contribution is 2.45. The number of rotatable bonds is 8. The van der Waals surface area contributed by atoms with E-state index in [0.717, 1.165) is 0 Å². The minimum atomic E-state index is -1.52. The summed E-state index contributed by atoms with van der Waals surface area (Å²) in [6, 6.07) is -1.64. The summed E-state index contributed by atoms with van der Waals surface area (Å²) >= 11 is 1.95. The van der Waals surface area contributed by atoms with Crippen molar-refractivity contribution < 1.29 is 30.0 Å². The zero-order valence-electron chi connectivity index (χ0n) is 13.4. The molecule has 144 valence electrons. The first-order chi connectivity index (χ1) is 11.6. The molecule has 0 heterocycles. The van der Waals surface area contributed by atoms with Crippen molar-refractivity contribution in [2.24, 2.45) is 17.6 Å². The predicted molar refractivity (Wildman–Crippen MR) is 100 cm³/mol. The fourth-order valence-corrected chi connectivity index (χ4v) is 6.14. The van der Waals surface area contributed by atoms with Crippen LogP contribution >= 0.6 is 30.1 Å². The Morgan fingerprint density at radius 2 is 2.04 bits per heavy atom. The van der Waals surface area contributed by atoms with Gasteiger partial charge >= 0.3 is 5.97 Å². The molecule has 0 unspecified atom stereocenters. The second kappa shape index (κ2) is 9.75. The summed E-state index contributed by atoms with van der Waals surface area (Å²) in [7, 11) is 1.23. The lowest BCUT2D eigenvalue weighted by Crippen LogP contribution is -2.59. The number of guanidine groups is 1. The Kier molecular flexibility index (Phi) is 8.67. The van der Waals surface area contributed by atoms with Gasteiger partial charge in [-0.2, -0.15) is 0 Å². The molecule has 25 heavy (non-hydrogen) atoms. The predicted octanol–water partition coefficient (Wildman–Crippen LogP) is -1.77. The van der Waals surface area contributed by atoms with E-state index in [1.54, 1.807) is 0 Å². The molecule has 10 nitrogen and oxygen atoms in total. The summed E-state index contributed by atoms with van der Waals surface area (Å²) in [5.41, 5.74) is 5.38. The second-order valence-corrected chi connectivity index (χ2v) is 8.19. The first-order valence-electron chi connectivity index (χ1n) is 7.48. The van der Waals surface area contributed by atoms with Gasteiger partial charge in [0.15, 0.2) is 5.96 Å². The smallest absolute Gasteiger partial charge is 0.307 e. The first kappa shape index (κ1) is 22.2. The van der Waals surface area contributed by atoms with Gasteiger partial charge in [-0.05, 0) is 27.6 Å². The Morgan fingerprint density at radius 1 is 1.44 bits per heavy atom. The van der Waals surface area contributed by atoms with E-state index in [4.69, 9.17) is 16.2 Å². The van der Waals surface area contributed by atoms with Crippen molar-refractivity contribution in [2.75, 3.05) is 6.61 Å². The number of hydrogen-bond acceptors (Lipinski definition) is 7. The van der Waals surface area contributed by atoms with Crippen LogP contribution in [0, 0.1) is 17.2 Å². The fraction of sp³-hybridized carbons (Fsp3) is 0.769. The lowest BCUT2D eigenvalue weighted by atomic mass is 9.87. The summed E-state index contributed by atoms with van der Waals surface area (Å²) in [4.78, 5) is 23.2. The van der Waals surface area contributed by atoms with Crippen molar-refractivity contribution in [3.63, 3.8) is 0 Å². The number of aliphatic hydroxyl groups excluding tert-OH is 3. The molecule has 0 bridgehead atoms. The number of nitrogens with two attached hydrogens (primary N) is 1. The van der Waals surface area contributed by atoms with Crippen molar-refractivity contribution in [1.29, 1.82) is 5.41 Å². The molecule has 1 saturated carbocycles. The zero-order valence-corrected chi connectivity index (χ0v) is 16.4. The van der Waals surface area contributed by atoms with Gasteiger partial charge in [0.05, 0.1) is 18.6 Å². The standard InChI is InChI=1S/C13H23IN4O6S/c1-4(20)17-9(10(22)7(21)3-19)8-6(18-13(15)16)2-5(12(23)24)11(8)25-14/h5-11,19,21-22H,2-3H2,1H3,(H,17,20)(H,23,24)(H4,15,16,18)/t5-,6+,7-,8+,9-,10-,11+/m0/s1. The molecule has 0 aromatic carbocycles. The van der Waals surface area contributed by atoms with E-state index in [1.165, 1.54) is 15.9 Å². The van der Waals surface area contributed by atoms with Gasteiger partial charge in [-0.15, -0.1) is 0 Å². The van der Waals surface area contributed by atoms with Gasteiger partial charge in [-0.3, -0.25) is 15.0 Å². The maximum atomic E-state index is 11.6. The van der Waals surface area contributed by atoms with Crippen LogP contribution in [0.4, 0.5) is 0 Å². The highest BCUT2D eigenvalue weighted by molar-refractivity contribution is 14.2. The average Bonchev–Trinajstić information content (AvgIpc) is 2.88.